The van der Waals surface area contributed by atoms with Gasteiger partial charge in [-0.1, -0.05) is 25.5 Å². The molecule has 104 valence electrons. The molecule has 1 aromatic carbocycles. The summed E-state index contributed by atoms with van der Waals surface area (Å²) in [6.07, 6.45) is 3.70. The number of nitrogen functional groups attached to an aromatic ring is 1. The van der Waals surface area contributed by atoms with Crippen LogP contribution in [0.2, 0.25) is 0 Å². The molecule has 0 saturated carbocycles. The molecule has 0 spiro atoms. The van der Waals surface area contributed by atoms with Gasteiger partial charge >= 0.3 is 5.97 Å². The Morgan fingerprint density at radius 3 is 3.00 bits per heavy atom. The minimum Gasteiger partial charge on any atom is -0.478 e. The van der Waals surface area contributed by atoms with Crippen LogP contribution in [0.1, 0.15) is 42.1 Å². The minimum absolute atomic E-state index is 0.265. The molecule has 0 aliphatic carbocycles. The number of benzene rings is 1. The first-order valence-electron chi connectivity index (χ1n) is 6.94. The number of hydrogen-bond acceptors (Lipinski definition) is 3. The SMILES string of the molecule is CCCC1CCN(Cc2cccc(N)c2C(=O)O)C1. The van der Waals surface area contributed by atoms with Gasteiger partial charge in [-0.25, -0.2) is 4.79 Å². The third kappa shape index (κ3) is 3.26. The van der Waals surface area contributed by atoms with Crippen molar-refractivity contribution < 1.29 is 9.90 Å². The van der Waals surface area contributed by atoms with Crippen LogP contribution in [0.3, 0.4) is 0 Å². The fourth-order valence-corrected chi connectivity index (χ4v) is 2.95. The number of rotatable bonds is 5. The van der Waals surface area contributed by atoms with Gasteiger partial charge in [-0.3, -0.25) is 4.90 Å². The number of aromatic carboxylic acids is 1. The van der Waals surface area contributed by atoms with Crippen LogP contribution in [0.5, 0.6) is 0 Å². The zero-order valence-electron chi connectivity index (χ0n) is 11.4. The predicted octanol–water partition coefficient (Wildman–Crippen LogP) is 2.59. The summed E-state index contributed by atoms with van der Waals surface area (Å²) in [6.45, 7) is 5.02. The van der Waals surface area contributed by atoms with E-state index in [9.17, 15) is 9.90 Å². The highest BCUT2D eigenvalue weighted by Gasteiger charge is 2.23. The highest BCUT2D eigenvalue weighted by atomic mass is 16.4. The highest BCUT2D eigenvalue weighted by Crippen LogP contribution is 2.25. The lowest BCUT2D eigenvalue weighted by Gasteiger charge is -2.18. The molecule has 1 aromatic rings. The number of carboxylic acid groups (broad SMARTS) is 1. The van der Waals surface area contributed by atoms with Crippen LogP contribution in [0, 0.1) is 5.92 Å². The first kappa shape index (κ1) is 13.9. The molecule has 1 aliphatic heterocycles. The highest BCUT2D eigenvalue weighted by molar-refractivity contribution is 5.95. The number of carboxylic acids is 1. The van der Waals surface area contributed by atoms with Crippen molar-refractivity contribution in [2.75, 3.05) is 18.8 Å². The summed E-state index contributed by atoms with van der Waals surface area (Å²) >= 11 is 0. The lowest BCUT2D eigenvalue weighted by molar-refractivity contribution is 0.0696. The maximum Gasteiger partial charge on any atom is 0.338 e. The summed E-state index contributed by atoms with van der Waals surface area (Å²) in [4.78, 5) is 13.6. The van der Waals surface area contributed by atoms with Gasteiger partial charge in [0.15, 0.2) is 0 Å². The first-order valence-corrected chi connectivity index (χ1v) is 6.94. The van der Waals surface area contributed by atoms with E-state index in [1.54, 1.807) is 6.07 Å². The number of carbonyl (C=O) groups is 1. The standard InChI is InChI=1S/C15H22N2O2/c1-2-4-11-7-8-17(9-11)10-12-5-3-6-13(16)14(12)15(18)19/h3,5-6,11H,2,4,7-10,16H2,1H3,(H,18,19). The average molecular weight is 262 g/mol. The van der Waals surface area contributed by atoms with Crippen molar-refractivity contribution in [3.8, 4) is 0 Å². The van der Waals surface area contributed by atoms with E-state index in [0.29, 0.717) is 12.2 Å². The van der Waals surface area contributed by atoms with Crippen molar-refractivity contribution in [1.29, 1.82) is 0 Å². The van der Waals surface area contributed by atoms with Crippen LogP contribution >= 0.6 is 0 Å². The van der Waals surface area contributed by atoms with Crippen molar-refractivity contribution in [2.24, 2.45) is 5.92 Å². The summed E-state index contributed by atoms with van der Waals surface area (Å²) in [5, 5.41) is 9.26. The van der Waals surface area contributed by atoms with E-state index in [-0.39, 0.29) is 5.56 Å². The van der Waals surface area contributed by atoms with Crippen LogP contribution in [-0.4, -0.2) is 29.1 Å². The van der Waals surface area contributed by atoms with Crippen LogP contribution in [0.15, 0.2) is 18.2 Å². The second-order valence-electron chi connectivity index (χ2n) is 5.37. The maximum absolute atomic E-state index is 11.3. The van der Waals surface area contributed by atoms with Gasteiger partial charge in [-0.2, -0.15) is 0 Å². The van der Waals surface area contributed by atoms with Crippen LogP contribution in [0.4, 0.5) is 5.69 Å². The van der Waals surface area contributed by atoms with Gasteiger partial charge < -0.3 is 10.8 Å². The Labute approximate surface area is 114 Å². The Kier molecular flexibility index (Phi) is 4.43. The summed E-state index contributed by atoms with van der Waals surface area (Å²) < 4.78 is 0. The molecule has 1 heterocycles. The lowest BCUT2D eigenvalue weighted by atomic mass is 10.0. The molecule has 2 rings (SSSR count). The van der Waals surface area contributed by atoms with Crippen molar-refractivity contribution in [1.82, 2.24) is 4.90 Å². The zero-order valence-corrected chi connectivity index (χ0v) is 11.4. The molecular formula is C15H22N2O2. The Hall–Kier alpha value is -1.55. The Bertz CT molecular complexity index is 459. The normalized spacial score (nSPS) is 19.7. The van der Waals surface area contributed by atoms with E-state index in [4.69, 9.17) is 5.73 Å². The largest absolute Gasteiger partial charge is 0.478 e. The van der Waals surface area contributed by atoms with E-state index in [0.717, 1.165) is 24.6 Å². The van der Waals surface area contributed by atoms with Gasteiger partial charge in [-0.05, 0) is 36.9 Å². The third-order valence-electron chi connectivity index (χ3n) is 3.86. The van der Waals surface area contributed by atoms with Gasteiger partial charge in [0.25, 0.3) is 0 Å². The predicted molar refractivity (Wildman–Crippen MR) is 76.1 cm³/mol. The molecule has 1 saturated heterocycles. The second-order valence-corrected chi connectivity index (χ2v) is 5.37. The summed E-state index contributed by atoms with van der Waals surface area (Å²) in [6, 6.07) is 5.35. The van der Waals surface area contributed by atoms with E-state index in [1.807, 2.05) is 12.1 Å². The van der Waals surface area contributed by atoms with Crippen molar-refractivity contribution in [3.63, 3.8) is 0 Å². The molecule has 0 radical (unpaired) electrons. The molecule has 0 bridgehead atoms. The topological polar surface area (TPSA) is 66.6 Å². The van der Waals surface area contributed by atoms with E-state index >= 15 is 0 Å². The first-order chi connectivity index (χ1) is 9.11. The van der Waals surface area contributed by atoms with E-state index in [1.165, 1.54) is 19.3 Å². The molecule has 1 aliphatic rings. The molecule has 1 unspecified atom stereocenters. The fourth-order valence-electron chi connectivity index (χ4n) is 2.95. The summed E-state index contributed by atoms with van der Waals surface area (Å²) in [5.74, 6) is -0.170. The quantitative estimate of drug-likeness (QED) is 0.800. The number of hydrogen-bond donors (Lipinski definition) is 2. The minimum atomic E-state index is -0.933. The van der Waals surface area contributed by atoms with Gasteiger partial charge in [0, 0.05) is 18.8 Å². The number of nitrogens with zero attached hydrogens (tertiary/aromatic N) is 1. The Morgan fingerprint density at radius 1 is 1.53 bits per heavy atom. The Morgan fingerprint density at radius 2 is 2.32 bits per heavy atom. The second kappa shape index (κ2) is 6.06. The fraction of sp³-hybridized carbons (Fsp3) is 0.533. The van der Waals surface area contributed by atoms with E-state index in [2.05, 4.69) is 11.8 Å². The molecule has 4 heteroatoms. The molecule has 0 amide bonds. The molecule has 1 atom stereocenters. The van der Waals surface area contributed by atoms with Crippen molar-refractivity contribution in [3.05, 3.63) is 29.3 Å². The van der Waals surface area contributed by atoms with Gasteiger partial charge in [0.2, 0.25) is 0 Å². The maximum atomic E-state index is 11.3. The average Bonchev–Trinajstić information content (AvgIpc) is 2.76. The Balaban J connectivity index is 2.08. The van der Waals surface area contributed by atoms with Crippen LogP contribution in [0.25, 0.3) is 0 Å². The molecule has 4 nitrogen and oxygen atoms in total. The van der Waals surface area contributed by atoms with Crippen LogP contribution < -0.4 is 5.73 Å². The number of nitrogens with two attached hydrogens (primary N) is 1. The van der Waals surface area contributed by atoms with Crippen LogP contribution in [-0.2, 0) is 6.54 Å². The molecule has 19 heavy (non-hydrogen) atoms. The van der Waals surface area contributed by atoms with Gasteiger partial charge in [0.1, 0.15) is 0 Å². The smallest absolute Gasteiger partial charge is 0.338 e. The number of likely N-dealkylation sites (tertiary alicyclic amines) is 1. The summed E-state index contributed by atoms with van der Waals surface area (Å²) in [5.41, 5.74) is 7.22. The zero-order chi connectivity index (χ0) is 13.8. The molecule has 3 N–H and O–H groups in total. The van der Waals surface area contributed by atoms with Gasteiger partial charge in [0.05, 0.1) is 5.56 Å². The number of anilines is 1. The molecular weight excluding hydrogens is 240 g/mol. The molecule has 0 aromatic heterocycles. The molecule has 1 fully saturated rings. The van der Waals surface area contributed by atoms with Gasteiger partial charge in [-0.15, -0.1) is 0 Å². The van der Waals surface area contributed by atoms with Crippen molar-refractivity contribution >= 4 is 11.7 Å². The monoisotopic (exact) mass is 262 g/mol. The summed E-state index contributed by atoms with van der Waals surface area (Å²) in [7, 11) is 0. The van der Waals surface area contributed by atoms with Crippen molar-refractivity contribution in [2.45, 2.75) is 32.7 Å². The lowest BCUT2D eigenvalue weighted by Crippen LogP contribution is -2.22. The third-order valence-corrected chi connectivity index (χ3v) is 3.86. The van der Waals surface area contributed by atoms with E-state index < -0.39 is 5.97 Å².